The van der Waals surface area contributed by atoms with Gasteiger partial charge in [0.2, 0.25) is 5.12 Å². The van der Waals surface area contributed by atoms with Crippen LogP contribution in [0.2, 0.25) is 0 Å². The van der Waals surface area contributed by atoms with Gasteiger partial charge in [-0.15, -0.1) is 0 Å². The van der Waals surface area contributed by atoms with E-state index in [1.807, 2.05) is 16.7 Å². The lowest BCUT2D eigenvalue weighted by molar-refractivity contribution is -0.107. The van der Waals surface area contributed by atoms with Gasteiger partial charge in [0.05, 0.1) is 11.0 Å². The van der Waals surface area contributed by atoms with Crippen LogP contribution in [0.1, 0.15) is 31.2 Å². The van der Waals surface area contributed by atoms with E-state index in [2.05, 4.69) is 36.9 Å². The second-order valence-corrected chi connectivity index (χ2v) is 7.95. The standard InChI is InChI=1S/C20H17NOS2/c1-12(2)19(22)24-20(23)21-17-6-4-3-5-15(17)16-11-14(13-7-8-13)9-10-18(16)21/h3-6,9-11,13H,1,7-8H2,2H3. The second kappa shape index (κ2) is 5.87. The van der Waals surface area contributed by atoms with Gasteiger partial charge in [0.1, 0.15) is 0 Å². The monoisotopic (exact) mass is 351 g/mol. The maximum Gasteiger partial charge on any atom is 0.221 e. The van der Waals surface area contributed by atoms with Crippen molar-refractivity contribution in [1.29, 1.82) is 0 Å². The molecule has 2 nitrogen and oxygen atoms in total. The van der Waals surface area contributed by atoms with Gasteiger partial charge in [0, 0.05) is 10.8 Å². The molecule has 0 saturated heterocycles. The Morgan fingerprint density at radius 2 is 1.88 bits per heavy atom. The molecule has 1 fully saturated rings. The van der Waals surface area contributed by atoms with Gasteiger partial charge in [-0.2, -0.15) is 0 Å². The van der Waals surface area contributed by atoms with Crippen molar-refractivity contribution >= 4 is 55.2 Å². The summed E-state index contributed by atoms with van der Waals surface area (Å²) < 4.78 is 2.57. The molecule has 0 aliphatic heterocycles. The van der Waals surface area contributed by atoms with E-state index in [9.17, 15) is 4.79 Å². The molecule has 1 aromatic heterocycles. The Morgan fingerprint density at radius 3 is 2.58 bits per heavy atom. The molecular weight excluding hydrogens is 334 g/mol. The lowest BCUT2D eigenvalue weighted by atomic mass is 10.1. The van der Waals surface area contributed by atoms with E-state index in [-0.39, 0.29) is 5.12 Å². The normalized spacial score (nSPS) is 14.2. The van der Waals surface area contributed by atoms with Crippen LogP contribution in [0, 0.1) is 0 Å². The summed E-state index contributed by atoms with van der Waals surface area (Å²) in [4.78, 5) is 12.0. The average molecular weight is 351 g/mol. The first-order valence-corrected chi connectivity index (χ1v) is 9.24. The highest BCUT2D eigenvalue weighted by atomic mass is 32.2. The Balaban J connectivity index is 1.91. The third-order valence-corrected chi connectivity index (χ3v) is 5.78. The van der Waals surface area contributed by atoms with E-state index in [0.29, 0.717) is 15.8 Å². The molecule has 4 heteroatoms. The number of aromatic nitrogens is 1. The maximum atomic E-state index is 12.0. The van der Waals surface area contributed by atoms with Crippen LogP contribution in [-0.2, 0) is 4.79 Å². The number of thioether (sulfide) groups is 1. The average Bonchev–Trinajstić information content (AvgIpc) is 3.36. The van der Waals surface area contributed by atoms with E-state index >= 15 is 0 Å². The molecule has 0 spiro atoms. The topological polar surface area (TPSA) is 22.0 Å². The Bertz CT molecular complexity index is 1010. The largest absolute Gasteiger partial charge is 0.294 e. The molecule has 0 unspecified atom stereocenters. The van der Waals surface area contributed by atoms with Crippen LogP contribution >= 0.6 is 24.0 Å². The van der Waals surface area contributed by atoms with Gasteiger partial charge in [-0.1, -0.05) is 43.1 Å². The van der Waals surface area contributed by atoms with Gasteiger partial charge in [-0.3, -0.25) is 9.36 Å². The quantitative estimate of drug-likeness (QED) is 0.440. The molecule has 0 N–H and O–H groups in total. The number of nitrogens with zero attached hydrogens (tertiary/aromatic N) is 1. The lowest BCUT2D eigenvalue weighted by Crippen LogP contribution is -2.08. The van der Waals surface area contributed by atoms with E-state index in [0.717, 1.165) is 22.8 Å². The number of fused-ring (bicyclic) bond motifs is 3. The smallest absolute Gasteiger partial charge is 0.221 e. The Labute approximate surface area is 150 Å². The first-order valence-electron chi connectivity index (χ1n) is 8.01. The van der Waals surface area contributed by atoms with Crippen molar-refractivity contribution in [3.05, 3.63) is 60.2 Å². The molecule has 0 radical (unpaired) electrons. The Hall–Kier alpha value is -1.91. The summed E-state index contributed by atoms with van der Waals surface area (Å²) >= 11 is 6.66. The summed E-state index contributed by atoms with van der Waals surface area (Å²) in [5.41, 5.74) is 4.03. The van der Waals surface area contributed by atoms with Crippen molar-refractivity contribution in [2.75, 3.05) is 0 Å². The van der Waals surface area contributed by atoms with Gasteiger partial charge in [0.25, 0.3) is 0 Å². The van der Waals surface area contributed by atoms with Gasteiger partial charge in [0.15, 0.2) is 4.32 Å². The Morgan fingerprint density at radius 1 is 1.17 bits per heavy atom. The van der Waals surface area contributed by atoms with Crippen LogP contribution in [0.5, 0.6) is 0 Å². The van der Waals surface area contributed by atoms with Crippen LogP contribution in [-0.4, -0.2) is 14.0 Å². The van der Waals surface area contributed by atoms with E-state index in [1.54, 1.807) is 6.92 Å². The van der Waals surface area contributed by atoms with Crippen molar-refractivity contribution in [1.82, 2.24) is 4.57 Å². The fourth-order valence-electron chi connectivity index (χ4n) is 3.07. The number of hydrogen-bond donors (Lipinski definition) is 0. The zero-order valence-electron chi connectivity index (χ0n) is 13.4. The van der Waals surface area contributed by atoms with Gasteiger partial charge in [-0.05, 0) is 66.8 Å². The van der Waals surface area contributed by atoms with Crippen molar-refractivity contribution in [2.45, 2.75) is 25.7 Å². The van der Waals surface area contributed by atoms with Crippen molar-refractivity contribution < 1.29 is 4.79 Å². The van der Waals surface area contributed by atoms with E-state index in [1.165, 1.54) is 29.2 Å². The molecule has 3 aromatic rings. The molecule has 4 rings (SSSR count). The highest BCUT2D eigenvalue weighted by Gasteiger charge is 2.25. The van der Waals surface area contributed by atoms with Gasteiger partial charge >= 0.3 is 0 Å². The number of benzene rings is 2. The SMILES string of the molecule is C=C(C)C(=O)SC(=S)n1c2ccccc2c2cc(C3CC3)ccc21. The highest BCUT2D eigenvalue weighted by Crippen LogP contribution is 2.42. The zero-order chi connectivity index (χ0) is 16.8. The first-order chi connectivity index (χ1) is 11.6. The van der Waals surface area contributed by atoms with Crippen LogP contribution in [0.25, 0.3) is 21.8 Å². The molecule has 120 valence electrons. The van der Waals surface area contributed by atoms with Crippen LogP contribution < -0.4 is 0 Å². The minimum Gasteiger partial charge on any atom is -0.294 e. The molecule has 1 saturated carbocycles. The Kier molecular flexibility index (Phi) is 3.82. The molecule has 0 atom stereocenters. The maximum absolute atomic E-state index is 12.0. The summed E-state index contributed by atoms with van der Waals surface area (Å²) in [5.74, 6) is 0.711. The van der Waals surface area contributed by atoms with Crippen LogP contribution in [0.4, 0.5) is 0 Å². The first kappa shape index (κ1) is 15.6. The number of hydrogen-bond acceptors (Lipinski definition) is 3. The lowest BCUT2D eigenvalue weighted by Gasteiger charge is -2.08. The van der Waals surface area contributed by atoms with E-state index in [4.69, 9.17) is 12.2 Å². The summed E-state index contributed by atoms with van der Waals surface area (Å²) in [6, 6.07) is 14.9. The summed E-state index contributed by atoms with van der Waals surface area (Å²) in [7, 11) is 0. The van der Waals surface area contributed by atoms with E-state index < -0.39 is 0 Å². The van der Waals surface area contributed by atoms with Gasteiger partial charge < -0.3 is 0 Å². The molecule has 2 aromatic carbocycles. The highest BCUT2D eigenvalue weighted by molar-refractivity contribution is 8.33. The third kappa shape index (κ3) is 2.60. The zero-order valence-corrected chi connectivity index (χ0v) is 15.0. The number of thiocarbonyl (C=S) groups is 1. The molecule has 1 heterocycles. The summed E-state index contributed by atoms with van der Waals surface area (Å²) in [5, 5.41) is 2.31. The summed E-state index contributed by atoms with van der Waals surface area (Å²) in [6.45, 7) is 5.43. The van der Waals surface area contributed by atoms with Crippen molar-refractivity contribution in [3.8, 4) is 0 Å². The number of carbonyl (C=O) groups is 1. The van der Waals surface area contributed by atoms with Crippen molar-refractivity contribution in [3.63, 3.8) is 0 Å². The number of carbonyl (C=O) groups excluding carboxylic acids is 1. The number of rotatable bonds is 2. The molecule has 1 aliphatic rings. The van der Waals surface area contributed by atoms with Crippen LogP contribution in [0.15, 0.2) is 54.6 Å². The molecular formula is C20H17NOS2. The molecule has 1 aliphatic carbocycles. The number of para-hydroxylation sites is 1. The van der Waals surface area contributed by atoms with Crippen molar-refractivity contribution in [2.24, 2.45) is 0 Å². The minimum absolute atomic E-state index is 0.0828. The molecule has 24 heavy (non-hydrogen) atoms. The fourth-order valence-corrected chi connectivity index (χ4v) is 4.11. The molecule has 0 bridgehead atoms. The second-order valence-electron chi connectivity index (χ2n) is 6.34. The predicted octanol–water partition coefficient (Wildman–Crippen LogP) is 5.64. The van der Waals surface area contributed by atoms with Crippen LogP contribution in [0.3, 0.4) is 0 Å². The fraction of sp³-hybridized carbons (Fsp3) is 0.200. The summed E-state index contributed by atoms with van der Waals surface area (Å²) in [6.07, 6.45) is 2.57. The predicted molar refractivity (Wildman–Crippen MR) is 107 cm³/mol. The third-order valence-electron chi connectivity index (χ3n) is 4.46. The van der Waals surface area contributed by atoms with Gasteiger partial charge in [-0.25, -0.2) is 0 Å². The molecule has 0 amide bonds. The minimum atomic E-state index is -0.0828.